The molecule has 27 heavy (non-hydrogen) atoms. The summed E-state index contributed by atoms with van der Waals surface area (Å²) in [6.45, 7) is 3.18. The van der Waals surface area contributed by atoms with Gasteiger partial charge in [-0.2, -0.15) is 0 Å². The first-order valence-corrected chi connectivity index (χ1v) is 9.96. The zero-order valence-corrected chi connectivity index (χ0v) is 16.0. The fourth-order valence-corrected chi connectivity index (χ4v) is 4.52. The van der Waals surface area contributed by atoms with Crippen LogP contribution in [0.5, 0.6) is 0 Å². The minimum atomic E-state index is -0.0409. The van der Waals surface area contributed by atoms with Crippen LogP contribution in [0.25, 0.3) is 10.9 Å². The first-order valence-electron chi connectivity index (χ1n) is 9.96. The van der Waals surface area contributed by atoms with Gasteiger partial charge in [0.1, 0.15) is 0 Å². The lowest BCUT2D eigenvalue weighted by Crippen LogP contribution is -2.50. The third-order valence-corrected chi connectivity index (χ3v) is 6.14. The Hall–Kier alpha value is -1.98. The summed E-state index contributed by atoms with van der Waals surface area (Å²) in [4.78, 5) is 19.3. The standard InChI is InChI=1S/C22H28N2O3/c1-26-13-6-17-7-14-27-22(16-17)8-11-24(12-9-22)21(25)19-4-5-20-18(15-19)3-2-10-23-20/h2-5,10,15,17H,6-9,11-14,16H2,1H3. The quantitative estimate of drug-likeness (QED) is 0.826. The number of rotatable bonds is 4. The Bertz CT molecular complexity index is 799. The van der Waals surface area contributed by atoms with Gasteiger partial charge in [-0.05, 0) is 62.3 Å². The van der Waals surface area contributed by atoms with Crippen molar-refractivity contribution < 1.29 is 14.3 Å². The number of hydrogen-bond acceptors (Lipinski definition) is 4. The Morgan fingerprint density at radius 2 is 2.19 bits per heavy atom. The van der Waals surface area contributed by atoms with Crippen LogP contribution < -0.4 is 0 Å². The number of fused-ring (bicyclic) bond motifs is 1. The Morgan fingerprint density at radius 1 is 1.33 bits per heavy atom. The van der Waals surface area contributed by atoms with Crippen LogP contribution in [0.3, 0.4) is 0 Å². The van der Waals surface area contributed by atoms with E-state index < -0.39 is 0 Å². The van der Waals surface area contributed by atoms with E-state index >= 15 is 0 Å². The minimum absolute atomic E-state index is 0.0409. The van der Waals surface area contributed by atoms with E-state index in [9.17, 15) is 4.79 Å². The van der Waals surface area contributed by atoms with Crippen molar-refractivity contribution in [3.8, 4) is 0 Å². The molecule has 2 aromatic rings. The van der Waals surface area contributed by atoms with Crippen LogP contribution in [0.4, 0.5) is 0 Å². The van der Waals surface area contributed by atoms with Crippen LogP contribution in [0.2, 0.25) is 0 Å². The van der Waals surface area contributed by atoms with E-state index in [1.54, 1.807) is 13.3 Å². The van der Waals surface area contributed by atoms with Crippen LogP contribution >= 0.6 is 0 Å². The van der Waals surface area contributed by atoms with E-state index in [1.807, 2.05) is 35.2 Å². The first-order chi connectivity index (χ1) is 13.2. The van der Waals surface area contributed by atoms with Crippen molar-refractivity contribution in [1.82, 2.24) is 9.88 Å². The van der Waals surface area contributed by atoms with Crippen molar-refractivity contribution in [2.24, 2.45) is 5.92 Å². The molecule has 4 rings (SSSR count). The molecule has 0 N–H and O–H groups in total. The SMILES string of the molecule is COCCC1CCOC2(CCN(C(=O)c3ccc4ncccc4c3)CC2)C1. The van der Waals surface area contributed by atoms with Crippen molar-refractivity contribution in [3.63, 3.8) is 0 Å². The predicted octanol–water partition coefficient (Wildman–Crippen LogP) is 3.67. The molecule has 3 heterocycles. The molecule has 1 amide bonds. The summed E-state index contributed by atoms with van der Waals surface area (Å²) in [6.07, 6.45) is 6.96. The lowest BCUT2D eigenvalue weighted by molar-refractivity contribution is -0.125. The number of pyridine rings is 1. The summed E-state index contributed by atoms with van der Waals surface area (Å²) in [5.74, 6) is 0.788. The number of carbonyl (C=O) groups is 1. The van der Waals surface area contributed by atoms with Crippen molar-refractivity contribution in [2.75, 3.05) is 33.4 Å². The fourth-order valence-electron chi connectivity index (χ4n) is 4.52. The lowest BCUT2D eigenvalue weighted by atomic mass is 9.78. The number of piperidine rings is 1. The molecule has 2 fully saturated rings. The van der Waals surface area contributed by atoms with Crippen LogP contribution in [0.1, 0.15) is 42.5 Å². The highest BCUT2D eigenvalue weighted by Crippen LogP contribution is 2.39. The smallest absolute Gasteiger partial charge is 0.253 e. The summed E-state index contributed by atoms with van der Waals surface area (Å²) in [7, 11) is 1.77. The summed E-state index contributed by atoms with van der Waals surface area (Å²) in [6, 6.07) is 9.67. The highest BCUT2D eigenvalue weighted by Gasteiger charge is 2.41. The summed E-state index contributed by atoms with van der Waals surface area (Å²) in [5.41, 5.74) is 1.62. The predicted molar refractivity (Wildman–Crippen MR) is 105 cm³/mol. The molecular formula is C22H28N2O3. The van der Waals surface area contributed by atoms with E-state index in [0.29, 0.717) is 5.92 Å². The average Bonchev–Trinajstić information content (AvgIpc) is 2.72. The Morgan fingerprint density at radius 3 is 3.00 bits per heavy atom. The van der Waals surface area contributed by atoms with E-state index in [1.165, 1.54) is 0 Å². The van der Waals surface area contributed by atoms with Gasteiger partial charge in [0.25, 0.3) is 5.91 Å². The zero-order valence-electron chi connectivity index (χ0n) is 16.0. The Balaban J connectivity index is 1.40. The second-order valence-corrected chi connectivity index (χ2v) is 7.87. The van der Waals surface area contributed by atoms with Gasteiger partial charge in [-0.15, -0.1) is 0 Å². The minimum Gasteiger partial charge on any atom is -0.385 e. The number of ether oxygens (including phenoxy) is 2. The molecule has 2 aliphatic rings. The van der Waals surface area contributed by atoms with Gasteiger partial charge in [0.2, 0.25) is 0 Å². The molecule has 144 valence electrons. The van der Waals surface area contributed by atoms with Crippen molar-refractivity contribution in [1.29, 1.82) is 0 Å². The van der Waals surface area contributed by atoms with Crippen LogP contribution in [-0.4, -0.2) is 54.8 Å². The highest BCUT2D eigenvalue weighted by atomic mass is 16.5. The van der Waals surface area contributed by atoms with E-state index in [4.69, 9.17) is 9.47 Å². The number of hydrogen-bond donors (Lipinski definition) is 0. The van der Waals surface area contributed by atoms with Crippen LogP contribution in [0.15, 0.2) is 36.5 Å². The topological polar surface area (TPSA) is 51.7 Å². The van der Waals surface area contributed by atoms with E-state index in [-0.39, 0.29) is 11.5 Å². The molecule has 2 saturated heterocycles. The molecule has 1 aromatic heterocycles. The molecule has 2 aliphatic heterocycles. The van der Waals surface area contributed by atoms with Gasteiger partial charge < -0.3 is 14.4 Å². The molecule has 1 unspecified atom stereocenters. The Kier molecular flexibility index (Phi) is 5.41. The third-order valence-electron chi connectivity index (χ3n) is 6.14. The van der Waals surface area contributed by atoms with Gasteiger partial charge in [-0.25, -0.2) is 0 Å². The number of methoxy groups -OCH3 is 1. The van der Waals surface area contributed by atoms with Gasteiger partial charge in [-0.1, -0.05) is 6.07 Å². The van der Waals surface area contributed by atoms with Crippen LogP contribution in [-0.2, 0) is 9.47 Å². The average molecular weight is 368 g/mol. The van der Waals surface area contributed by atoms with Gasteiger partial charge >= 0.3 is 0 Å². The van der Waals surface area contributed by atoms with Crippen molar-refractivity contribution in [3.05, 3.63) is 42.1 Å². The molecular weight excluding hydrogens is 340 g/mol. The molecule has 0 aliphatic carbocycles. The zero-order chi connectivity index (χ0) is 18.7. The first kappa shape index (κ1) is 18.4. The Labute approximate surface area is 160 Å². The number of likely N-dealkylation sites (tertiary alicyclic amines) is 1. The fraction of sp³-hybridized carbons (Fsp3) is 0.545. The van der Waals surface area contributed by atoms with E-state index in [0.717, 1.165) is 74.9 Å². The summed E-state index contributed by atoms with van der Waals surface area (Å²) in [5, 5.41) is 1.01. The molecule has 0 bridgehead atoms. The number of carbonyl (C=O) groups excluding carboxylic acids is 1. The second kappa shape index (κ2) is 7.95. The molecule has 0 saturated carbocycles. The van der Waals surface area contributed by atoms with Gasteiger partial charge in [0.05, 0.1) is 11.1 Å². The molecule has 1 atom stereocenters. The summed E-state index contributed by atoms with van der Waals surface area (Å²) >= 11 is 0. The largest absolute Gasteiger partial charge is 0.385 e. The maximum atomic E-state index is 13.0. The molecule has 1 spiro atoms. The van der Waals surface area contributed by atoms with Crippen molar-refractivity contribution in [2.45, 2.75) is 37.7 Å². The third kappa shape index (κ3) is 3.99. The normalized spacial score (nSPS) is 22.3. The number of nitrogens with zero attached hydrogens (tertiary/aromatic N) is 2. The molecule has 1 aromatic carbocycles. The molecule has 5 nitrogen and oxygen atoms in total. The number of aromatic nitrogens is 1. The highest BCUT2D eigenvalue weighted by molar-refractivity contribution is 5.98. The van der Waals surface area contributed by atoms with Crippen LogP contribution in [0, 0.1) is 5.92 Å². The van der Waals surface area contributed by atoms with Crippen molar-refractivity contribution >= 4 is 16.8 Å². The maximum Gasteiger partial charge on any atom is 0.253 e. The number of amides is 1. The lowest BCUT2D eigenvalue weighted by Gasteiger charge is -2.46. The second-order valence-electron chi connectivity index (χ2n) is 7.87. The monoisotopic (exact) mass is 368 g/mol. The number of benzene rings is 1. The van der Waals surface area contributed by atoms with Gasteiger partial charge in [0.15, 0.2) is 0 Å². The maximum absolute atomic E-state index is 13.0. The van der Waals surface area contributed by atoms with Gasteiger partial charge in [0, 0.05) is 50.6 Å². The van der Waals surface area contributed by atoms with Gasteiger partial charge in [-0.3, -0.25) is 9.78 Å². The molecule has 0 radical (unpaired) electrons. The molecule has 5 heteroatoms. The van der Waals surface area contributed by atoms with E-state index in [2.05, 4.69) is 4.98 Å². The summed E-state index contributed by atoms with van der Waals surface area (Å²) < 4.78 is 11.5.